The van der Waals surface area contributed by atoms with Gasteiger partial charge in [0.15, 0.2) is 0 Å². The molecule has 0 saturated carbocycles. The van der Waals surface area contributed by atoms with E-state index < -0.39 is 0 Å². The highest BCUT2D eigenvalue weighted by molar-refractivity contribution is 5.34. The molecule has 3 rings (SSSR count). The van der Waals surface area contributed by atoms with E-state index in [1.807, 2.05) is 0 Å². The standard InChI is InChI=1S/C17H26N2/c1-3-18-17-15-9-5-4-8-14(15)10-11-16(17)19-12-6-7-13(19)2/h4-5,8-9,13,16-18H,3,6-7,10-12H2,1-2H3. The Balaban J connectivity index is 1.89. The molecular formula is C17H26N2. The molecule has 1 aliphatic heterocycles. The van der Waals surface area contributed by atoms with Crippen LogP contribution in [0.1, 0.15) is 50.3 Å². The van der Waals surface area contributed by atoms with Crippen LogP contribution in [0.5, 0.6) is 0 Å². The number of aryl methyl sites for hydroxylation is 1. The Morgan fingerprint density at radius 3 is 2.84 bits per heavy atom. The van der Waals surface area contributed by atoms with Gasteiger partial charge in [-0.1, -0.05) is 31.2 Å². The fourth-order valence-corrected chi connectivity index (χ4v) is 4.01. The average Bonchev–Trinajstić information content (AvgIpc) is 2.86. The van der Waals surface area contributed by atoms with Gasteiger partial charge in [0.05, 0.1) is 0 Å². The molecule has 3 atom stereocenters. The van der Waals surface area contributed by atoms with Gasteiger partial charge in [-0.05, 0) is 56.8 Å². The molecular weight excluding hydrogens is 232 g/mol. The van der Waals surface area contributed by atoms with Gasteiger partial charge in [0.25, 0.3) is 0 Å². The van der Waals surface area contributed by atoms with Gasteiger partial charge in [0.1, 0.15) is 0 Å². The van der Waals surface area contributed by atoms with Crippen LogP contribution in [-0.4, -0.2) is 30.1 Å². The van der Waals surface area contributed by atoms with Crippen LogP contribution in [0, 0.1) is 0 Å². The van der Waals surface area contributed by atoms with E-state index in [2.05, 4.69) is 48.3 Å². The summed E-state index contributed by atoms with van der Waals surface area (Å²) in [5.74, 6) is 0. The third-order valence-electron chi connectivity index (χ3n) is 4.94. The average molecular weight is 258 g/mol. The molecule has 19 heavy (non-hydrogen) atoms. The third-order valence-corrected chi connectivity index (χ3v) is 4.94. The van der Waals surface area contributed by atoms with Crippen LogP contribution in [0.25, 0.3) is 0 Å². The van der Waals surface area contributed by atoms with Crippen molar-refractivity contribution in [3.63, 3.8) is 0 Å². The first kappa shape index (κ1) is 13.1. The second kappa shape index (κ2) is 5.64. The summed E-state index contributed by atoms with van der Waals surface area (Å²) in [7, 11) is 0. The van der Waals surface area contributed by atoms with E-state index in [9.17, 15) is 0 Å². The molecule has 2 nitrogen and oxygen atoms in total. The summed E-state index contributed by atoms with van der Waals surface area (Å²) in [5.41, 5.74) is 3.09. The number of likely N-dealkylation sites (N-methyl/N-ethyl adjacent to an activating group) is 1. The van der Waals surface area contributed by atoms with Gasteiger partial charge >= 0.3 is 0 Å². The smallest absolute Gasteiger partial charge is 0.0481 e. The molecule has 1 N–H and O–H groups in total. The quantitative estimate of drug-likeness (QED) is 0.896. The van der Waals surface area contributed by atoms with Crippen molar-refractivity contribution < 1.29 is 0 Å². The van der Waals surface area contributed by atoms with Crippen molar-refractivity contribution in [2.24, 2.45) is 0 Å². The van der Waals surface area contributed by atoms with E-state index in [-0.39, 0.29) is 0 Å². The number of likely N-dealkylation sites (tertiary alicyclic amines) is 1. The minimum atomic E-state index is 0.524. The molecule has 1 aromatic rings. The lowest BCUT2D eigenvalue weighted by Gasteiger charge is -2.41. The van der Waals surface area contributed by atoms with Gasteiger partial charge < -0.3 is 5.32 Å². The fourth-order valence-electron chi connectivity index (χ4n) is 4.01. The van der Waals surface area contributed by atoms with Crippen molar-refractivity contribution in [1.29, 1.82) is 0 Å². The molecule has 0 spiro atoms. The van der Waals surface area contributed by atoms with E-state index in [0.29, 0.717) is 12.1 Å². The Morgan fingerprint density at radius 1 is 1.26 bits per heavy atom. The number of hydrogen-bond acceptors (Lipinski definition) is 2. The Bertz CT molecular complexity index is 429. The zero-order chi connectivity index (χ0) is 13.2. The van der Waals surface area contributed by atoms with Crippen molar-refractivity contribution in [3.05, 3.63) is 35.4 Å². The number of hydrogen-bond donors (Lipinski definition) is 1. The molecule has 1 aromatic carbocycles. The summed E-state index contributed by atoms with van der Waals surface area (Å²) < 4.78 is 0. The zero-order valence-electron chi connectivity index (χ0n) is 12.2. The zero-order valence-corrected chi connectivity index (χ0v) is 12.2. The van der Waals surface area contributed by atoms with Gasteiger partial charge in [-0.2, -0.15) is 0 Å². The molecule has 1 saturated heterocycles. The summed E-state index contributed by atoms with van der Waals surface area (Å²) in [6.07, 6.45) is 5.29. The minimum Gasteiger partial charge on any atom is -0.309 e. The van der Waals surface area contributed by atoms with Crippen molar-refractivity contribution in [2.45, 2.75) is 57.7 Å². The van der Waals surface area contributed by atoms with Gasteiger partial charge in [-0.25, -0.2) is 0 Å². The maximum atomic E-state index is 3.75. The SMILES string of the molecule is CCNC1c2ccccc2CCC1N1CCCC1C. The number of fused-ring (bicyclic) bond motifs is 1. The molecule has 104 valence electrons. The Kier molecular flexibility index (Phi) is 3.90. The lowest BCUT2D eigenvalue weighted by Crippen LogP contribution is -2.48. The van der Waals surface area contributed by atoms with Crippen molar-refractivity contribution in [3.8, 4) is 0 Å². The molecule has 0 aromatic heterocycles. The predicted molar refractivity (Wildman–Crippen MR) is 80.4 cm³/mol. The van der Waals surface area contributed by atoms with Gasteiger partial charge in [-0.15, -0.1) is 0 Å². The number of nitrogens with zero attached hydrogens (tertiary/aromatic N) is 1. The van der Waals surface area contributed by atoms with Gasteiger partial charge in [0, 0.05) is 18.1 Å². The summed E-state index contributed by atoms with van der Waals surface area (Å²) in [6.45, 7) is 6.96. The van der Waals surface area contributed by atoms with Crippen molar-refractivity contribution in [2.75, 3.05) is 13.1 Å². The van der Waals surface area contributed by atoms with Crippen LogP contribution >= 0.6 is 0 Å². The van der Waals surface area contributed by atoms with Crippen LogP contribution in [0.4, 0.5) is 0 Å². The summed E-state index contributed by atoms with van der Waals surface area (Å²) in [5, 5.41) is 3.75. The Labute approximate surface area is 117 Å². The van der Waals surface area contributed by atoms with Crippen LogP contribution in [0.15, 0.2) is 24.3 Å². The van der Waals surface area contributed by atoms with Crippen molar-refractivity contribution in [1.82, 2.24) is 10.2 Å². The maximum absolute atomic E-state index is 3.75. The largest absolute Gasteiger partial charge is 0.309 e. The molecule has 0 amide bonds. The third kappa shape index (κ3) is 2.44. The fraction of sp³-hybridized carbons (Fsp3) is 0.647. The van der Waals surface area contributed by atoms with E-state index in [1.165, 1.54) is 32.2 Å². The molecule has 2 aliphatic rings. The summed E-state index contributed by atoms with van der Waals surface area (Å²) in [4.78, 5) is 2.75. The highest BCUT2D eigenvalue weighted by Crippen LogP contribution is 2.36. The van der Waals surface area contributed by atoms with Gasteiger partial charge in [0.2, 0.25) is 0 Å². The highest BCUT2D eigenvalue weighted by atomic mass is 15.2. The first-order chi connectivity index (χ1) is 9.31. The van der Waals surface area contributed by atoms with Gasteiger partial charge in [-0.3, -0.25) is 4.90 Å². The van der Waals surface area contributed by atoms with E-state index in [0.717, 1.165) is 12.6 Å². The summed E-state index contributed by atoms with van der Waals surface area (Å²) in [6, 6.07) is 11.0. The van der Waals surface area contributed by atoms with E-state index in [4.69, 9.17) is 0 Å². The first-order valence-corrected chi connectivity index (χ1v) is 7.88. The van der Waals surface area contributed by atoms with Crippen molar-refractivity contribution >= 4 is 0 Å². The molecule has 1 fully saturated rings. The normalized spacial score (nSPS) is 31.4. The number of benzene rings is 1. The maximum Gasteiger partial charge on any atom is 0.0481 e. The highest BCUT2D eigenvalue weighted by Gasteiger charge is 2.36. The predicted octanol–water partition coefficient (Wildman–Crippen LogP) is 3.14. The second-order valence-electron chi connectivity index (χ2n) is 6.07. The monoisotopic (exact) mass is 258 g/mol. The molecule has 0 radical (unpaired) electrons. The summed E-state index contributed by atoms with van der Waals surface area (Å²) >= 11 is 0. The second-order valence-corrected chi connectivity index (χ2v) is 6.07. The minimum absolute atomic E-state index is 0.524. The van der Waals surface area contributed by atoms with E-state index >= 15 is 0 Å². The first-order valence-electron chi connectivity index (χ1n) is 7.88. The van der Waals surface area contributed by atoms with Crippen LogP contribution in [-0.2, 0) is 6.42 Å². The lowest BCUT2D eigenvalue weighted by atomic mass is 9.83. The lowest BCUT2D eigenvalue weighted by molar-refractivity contribution is 0.135. The molecule has 3 unspecified atom stereocenters. The van der Waals surface area contributed by atoms with Crippen LogP contribution in [0.3, 0.4) is 0 Å². The van der Waals surface area contributed by atoms with Crippen LogP contribution in [0.2, 0.25) is 0 Å². The topological polar surface area (TPSA) is 15.3 Å². The molecule has 1 aliphatic carbocycles. The number of rotatable bonds is 3. The van der Waals surface area contributed by atoms with Crippen LogP contribution < -0.4 is 5.32 Å². The molecule has 2 heteroatoms. The molecule has 1 heterocycles. The molecule has 0 bridgehead atoms. The Hall–Kier alpha value is -0.860. The Morgan fingerprint density at radius 2 is 2.11 bits per heavy atom. The number of nitrogens with one attached hydrogen (secondary N) is 1. The van der Waals surface area contributed by atoms with E-state index in [1.54, 1.807) is 11.1 Å².